The van der Waals surface area contributed by atoms with Gasteiger partial charge in [-0.3, -0.25) is 14.8 Å². The molecule has 0 N–H and O–H groups in total. The minimum Gasteiger partial charge on any atom is -0.337 e. The van der Waals surface area contributed by atoms with E-state index in [4.69, 9.17) is 0 Å². The molecule has 2 fully saturated rings. The third-order valence-corrected chi connectivity index (χ3v) is 7.82. The summed E-state index contributed by atoms with van der Waals surface area (Å²) in [6.45, 7) is 1.91. The zero-order valence-electron chi connectivity index (χ0n) is 14.9. The van der Waals surface area contributed by atoms with Crippen LogP contribution in [-0.4, -0.2) is 58.4 Å². The topological polar surface area (TPSA) is 83.5 Å². The van der Waals surface area contributed by atoms with Gasteiger partial charge < -0.3 is 4.90 Å². The first-order valence-corrected chi connectivity index (χ1v) is 10.6. The highest BCUT2D eigenvalue weighted by molar-refractivity contribution is 7.90. The summed E-state index contributed by atoms with van der Waals surface area (Å²) in [5.74, 6) is -0.0695. The molecular formula is C19H22N4O3S. The van der Waals surface area contributed by atoms with Crippen molar-refractivity contribution in [1.29, 1.82) is 0 Å². The van der Waals surface area contributed by atoms with Crippen LogP contribution in [0.1, 0.15) is 28.9 Å². The minimum absolute atomic E-state index is 0.0540. The number of amides is 1. The predicted molar refractivity (Wildman–Crippen MR) is 100 cm³/mol. The molecular weight excluding hydrogens is 364 g/mol. The number of likely N-dealkylation sites (tertiary alicyclic amines) is 1. The van der Waals surface area contributed by atoms with Gasteiger partial charge >= 0.3 is 0 Å². The number of nitrogens with zero attached hydrogens (tertiary/aromatic N) is 4. The van der Waals surface area contributed by atoms with Crippen LogP contribution >= 0.6 is 0 Å². The Hall–Kier alpha value is -2.32. The maximum Gasteiger partial charge on any atom is 0.272 e. The molecule has 2 saturated heterocycles. The van der Waals surface area contributed by atoms with E-state index in [1.807, 2.05) is 12.1 Å². The Morgan fingerprint density at radius 1 is 1.07 bits per heavy atom. The summed E-state index contributed by atoms with van der Waals surface area (Å²) in [5, 5.41) is -0.416. The molecule has 0 aliphatic carbocycles. The second kappa shape index (κ2) is 7.36. The lowest BCUT2D eigenvalue weighted by molar-refractivity contribution is 0.0753. The number of hydrogen-bond acceptors (Lipinski definition) is 5. The molecule has 0 bridgehead atoms. The van der Waals surface area contributed by atoms with E-state index in [1.54, 1.807) is 46.0 Å². The van der Waals surface area contributed by atoms with Crippen molar-refractivity contribution in [2.45, 2.75) is 24.6 Å². The summed E-state index contributed by atoms with van der Waals surface area (Å²) in [7, 11) is -3.36. The van der Waals surface area contributed by atoms with Crippen molar-refractivity contribution in [3.63, 3.8) is 0 Å². The number of carbonyl (C=O) groups excluding carboxylic acids is 1. The van der Waals surface area contributed by atoms with Crippen molar-refractivity contribution >= 4 is 15.9 Å². The predicted octanol–water partition coefficient (Wildman–Crippen LogP) is 1.54. The van der Waals surface area contributed by atoms with Gasteiger partial charge in [-0.15, -0.1) is 0 Å². The molecule has 0 radical (unpaired) electrons. The third kappa shape index (κ3) is 3.59. The van der Waals surface area contributed by atoms with E-state index in [2.05, 4.69) is 9.97 Å². The van der Waals surface area contributed by atoms with Crippen molar-refractivity contribution in [2.24, 2.45) is 5.92 Å². The maximum atomic E-state index is 13.0. The highest BCUT2D eigenvalue weighted by atomic mass is 32.2. The summed E-state index contributed by atoms with van der Waals surface area (Å²) < 4.78 is 27.6. The van der Waals surface area contributed by atoms with Crippen LogP contribution < -0.4 is 0 Å². The summed E-state index contributed by atoms with van der Waals surface area (Å²) >= 11 is 0. The standard InChI is InChI=1S/C19H22N4O3S/c24-19(17-3-1-2-8-21-17)22-11-6-16-14-23(13-15-4-9-20-10-5-15)27(25,26)18(16)7-12-22/h1-5,8-10,16,18H,6-7,11-14H2/t16-,18-/m1/s1. The lowest BCUT2D eigenvalue weighted by Gasteiger charge is -2.22. The van der Waals surface area contributed by atoms with E-state index in [0.717, 1.165) is 5.56 Å². The fourth-order valence-electron chi connectivity index (χ4n) is 4.00. The van der Waals surface area contributed by atoms with Crippen molar-refractivity contribution in [3.8, 4) is 0 Å². The molecule has 2 aromatic rings. The first-order valence-electron chi connectivity index (χ1n) is 9.14. The Kier molecular flexibility index (Phi) is 4.92. The van der Waals surface area contributed by atoms with Crippen molar-refractivity contribution in [2.75, 3.05) is 19.6 Å². The fraction of sp³-hybridized carbons (Fsp3) is 0.421. The maximum absolute atomic E-state index is 13.0. The van der Waals surface area contributed by atoms with Gasteiger partial charge in [0.25, 0.3) is 5.91 Å². The Balaban J connectivity index is 1.46. The number of pyridine rings is 2. The second-order valence-corrected chi connectivity index (χ2v) is 9.23. The summed E-state index contributed by atoms with van der Waals surface area (Å²) in [4.78, 5) is 22.5. The van der Waals surface area contributed by atoms with Gasteiger partial charge in [-0.05, 0) is 48.6 Å². The first-order chi connectivity index (χ1) is 13.1. The third-order valence-electron chi connectivity index (χ3n) is 5.44. The van der Waals surface area contributed by atoms with Crippen molar-refractivity contribution in [3.05, 3.63) is 60.2 Å². The van der Waals surface area contributed by atoms with Crippen LogP contribution in [0.4, 0.5) is 0 Å². The van der Waals surface area contributed by atoms with Crippen LogP contribution in [0.3, 0.4) is 0 Å². The van der Waals surface area contributed by atoms with E-state index >= 15 is 0 Å². The van der Waals surface area contributed by atoms with Gasteiger partial charge in [-0.1, -0.05) is 6.07 Å². The molecule has 2 aliphatic heterocycles. The number of carbonyl (C=O) groups is 1. The molecule has 2 aliphatic rings. The molecule has 2 aromatic heterocycles. The lowest BCUT2D eigenvalue weighted by atomic mass is 10.0. The van der Waals surface area contributed by atoms with E-state index in [9.17, 15) is 13.2 Å². The minimum atomic E-state index is -3.36. The van der Waals surface area contributed by atoms with Gasteiger partial charge in [0.05, 0.1) is 5.25 Å². The largest absolute Gasteiger partial charge is 0.337 e. The van der Waals surface area contributed by atoms with Crippen molar-refractivity contribution < 1.29 is 13.2 Å². The fourth-order valence-corrected chi connectivity index (χ4v) is 6.22. The molecule has 4 rings (SSSR count). The SMILES string of the molecule is O=C(c1ccccn1)N1CC[C@@H]2CN(Cc3ccncc3)S(=O)(=O)[C@@H]2CC1. The number of aromatic nitrogens is 2. The summed E-state index contributed by atoms with van der Waals surface area (Å²) in [6, 6.07) is 8.94. The molecule has 4 heterocycles. The van der Waals surface area contributed by atoms with Crippen LogP contribution in [0.2, 0.25) is 0 Å². The van der Waals surface area contributed by atoms with Crippen LogP contribution in [-0.2, 0) is 16.6 Å². The molecule has 2 atom stereocenters. The van der Waals surface area contributed by atoms with Crippen LogP contribution in [0.25, 0.3) is 0 Å². The average molecular weight is 386 g/mol. The quantitative estimate of drug-likeness (QED) is 0.799. The number of rotatable bonds is 3. The van der Waals surface area contributed by atoms with Gasteiger partial charge in [0.15, 0.2) is 0 Å². The molecule has 8 heteroatoms. The molecule has 7 nitrogen and oxygen atoms in total. The van der Waals surface area contributed by atoms with E-state index < -0.39 is 15.3 Å². The van der Waals surface area contributed by atoms with Gasteiger partial charge in [0.2, 0.25) is 10.0 Å². The Morgan fingerprint density at radius 2 is 1.85 bits per heavy atom. The highest BCUT2D eigenvalue weighted by Crippen LogP contribution is 2.35. The van der Waals surface area contributed by atoms with Crippen LogP contribution in [0, 0.1) is 5.92 Å². The van der Waals surface area contributed by atoms with Gasteiger partial charge in [0, 0.05) is 44.8 Å². The average Bonchev–Trinajstić information content (AvgIpc) is 2.83. The first kappa shape index (κ1) is 18.1. The second-order valence-electron chi connectivity index (χ2n) is 7.08. The van der Waals surface area contributed by atoms with Crippen molar-refractivity contribution in [1.82, 2.24) is 19.2 Å². The molecule has 1 amide bonds. The Labute approximate surface area is 159 Å². The number of hydrogen-bond donors (Lipinski definition) is 0. The molecule has 0 aromatic carbocycles. The van der Waals surface area contributed by atoms with Gasteiger partial charge in [-0.2, -0.15) is 4.31 Å². The number of sulfonamides is 1. The molecule has 0 saturated carbocycles. The molecule has 0 spiro atoms. The van der Waals surface area contributed by atoms with E-state index in [-0.39, 0.29) is 11.8 Å². The Bertz CT molecular complexity index is 905. The zero-order chi connectivity index (χ0) is 18.9. The highest BCUT2D eigenvalue weighted by Gasteiger charge is 2.47. The molecule has 0 unspecified atom stereocenters. The smallest absolute Gasteiger partial charge is 0.272 e. The van der Waals surface area contributed by atoms with Crippen LogP contribution in [0.15, 0.2) is 48.9 Å². The monoisotopic (exact) mass is 386 g/mol. The van der Waals surface area contributed by atoms with Gasteiger partial charge in [0.1, 0.15) is 5.69 Å². The lowest BCUT2D eigenvalue weighted by Crippen LogP contribution is -2.35. The summed E-state index contributed by atoms with van der Waals surface area (Å²) in [6.07, 6.45) is 6.11. The normalized spacial score (nSPS) is 25.0. The van der Waals surface area contributed by atoms with Gasteiger partial charge in [-0.25, -0.2) is 8.42 Å². The summed E-state index contributed by atoms with van der Waals surface area (Å²) in [5.41, 5.74) is 1.35. The van der Waals surface area contributed by atoms with E-state index in [1.165, 1.54) is 0 Å². The van der Waals surface area contributed by atoms with Crippen LogP contribution in [0.5, 0.6) is 0 Å². The molecule has 142 valence electrons. The zero-order valence-corrected chi connectivity index (χ0v) is 15.8. The molecule has 27 heavy (non-hydrogen) atoms. The Morgan fingerprint density at radius 3 is 2.59 bits per heavy atom. The van der Waals surface area contributed by atoms with E-state index in [0.29, 0.717) is 44.7 Å². The number of fused-ring (bicyclic) bond motifs is 1.